The van der Waals surface area contributed by atoms with Crippen LogP contribution in [0.25, 0.3) is 0 Å². The second-order valence-corrected chi connectivity index (χ2v) is 4.08. The Morgan fingerprint density at radius 2 is 1.29 bits per heavy atom. The average Bonchev–Trinajstić information content (AvgIpc) is 2.40. The number of benzene rings is 2. The molecule has 0 atom stereocenters. The summed E-state index contributed by atoms with van der Waals surface area (Å²) in [6.07, 6.45) is 1.07. The second-order valence-electron chi connectivity index (χ2n) is 4.08. The minimum atomic E-state index is 0.589. The molecule has 2 nitrogen and oxygen atoms in total. The summed E-state index contributed by atoms with van der Waals surface area (Å²) in [6, 6.07) is 16.7. The average molecular weight is 226 g/mol. The molecule has 88 valence electrons. The smallest absolute Gasteiger partial charge is 0.0384 e. The van der Waals surface area contributed by atoms with Gasteiger partial charge in [0, 0.05) is 17.9 Å². The Bertz CT molecular complexity index is 412. The monoisotopic (exact) mass is 226 g/mol. The number of nitrogens with one attached hydrogen (secondary N) is 1. The Morgan fingerprint density at radius 3 is 1.71 bits per heavy atom. The second kappa shape index (κ2) is 5.51. The zero-order chi connectivity index (χ0) is 12.1. The molecule has 17 heavy (non-hydrogen) atoms. The zero-order valence-electron chi connectivity index (χ0n) is 10.1. The van der Waals surface area contributed by atoms with Gasteiger partial charge in [-0.2, -0.15) is 0 Å². The van der Waals surface area contributed by atoms with E-state index in [0.29, 0.717) is 6.54 Å². The molecule has 0 aromatic heterocycles. The van der Waals surface area contributed by atoms with Crippen molar-refractivity contribution < 1.29 is 0 Å². The van der Waals surface area contributed by atoms with E-state index < -0.39 is 0 Å². The molecule has 0 spiro atoms. The fraction of sp³-hybridized carbons (Fsp3) is 0.200. The summed E-state index contributed by atoms with van der Waals surface area (Å²) in [5.74, 6) is 0. The van der Waals surface area contributed by atoms with Gasteiger partial charge in [-0.05, 0) is 41.8 Å². The van der Waals surface area contributed by atoms with Crippen molar-refractivity contribution in [2.24, 2.45) is 5.73 Å². The highest BCUT2D eigenvalue weighted by Crippen LogP contribution is 2.17. The first kappa shape index (κ1) is 11.7. The molecule has 0 aliphatic rings. The van der Waals surface area contributed by atoms with E-state index in [1.165, 1.54) is 5.56 Å². The van der Waals surface area contributed by atoms with Gasteiger partial charge in [0.2, 0.25) is 0 Å². The summed E-state index contributed by atoms with van der Waals surface area (Å²) in [5, 5.41) is 3.37. The van der Waals surface area contributed by atoms with Gasteiger partial charge in [0.25, 0.3) is 0 Å². The first-order chi connectivity index (χ1) is 8.31. The van der Waals surface area contributed by atoms with Gasteiger partial charge in [0.05, 0.1) is 0 Å². The highest BCUT2D eigenvalue weighted by atomic mass is 14.9. The number of nitrogens with two attached hydrogens (primary N) is 1. The Kier molecular flexibility index (Phi) is 3.78. The number of rotatable bonds is 4. The molecule has 0 fully saturated rings. The van der Waals surface area contributed by atoms with Crippen LogP contribution in [0.1, 0.15) is 18.1 Å². The molecule has 0 aliphatic carbocycles. The molecule has 0 aliphatic heterocycles. The van der Waals surface area contributed by atoms with Crippen molar-refractivity contribution in [3.8, 4) is 0 Å². The quantitative estimate of drug-likeness (QED) is 0.838. The van der Waals surface area contributed by atoms with E-state index in [0.717, 1.165) is 23.4 Å². The van der Waals surface area contributed by atoms with Crippen molar-refractivity contribution in [2.75, 3.05) is 5.32 Å². The minimum Gasteiger partial charge on any atom is -0.356 e. The van der Waals surface area contributed by atoms with E-state index >= 15 is 0 Å². The third-order valence-electron chi connectivity index (χ3n) is 2.84. The summed E-state index contributed by atoms with van der Waals surface area (Å²) >= 11 is 0. The third kappa shape index (κ3) is 3.08. The summed E-state index contributed by atoms with van der Waals surface area (Å²) in [6.45, 7) is 2.75. The van der Waals surface area contributed by atoms with Gasteiger partial charge < -0.3 is 11.1 Å². The fourth-order valence-electron chi connectivity index (χ4n) is 1.71. The van der Waals surface area contributed by atoms with Gasteiger partial charge >= 0.3 is 0 Å². The minimum absolute atomic E-state index is 0.589. The lowest BCUT2D eigenvalue weighted by molar-refractivity contribution is 1.07. The van der Waals surface area contributed by atoms with Gasteiger partial charge in [-0.3, -0.25) is 0 Å². The number of hydrogen-bond donors (Lipinski definition) is 2. The molecule has 0 amide bonds. The summed E-state index contributed by atoms with van der Waals surface area (Å²) in [4.78, 5) is 0. The molecule has 0 radical (unpaired) electrons. The first-order valence-electron chi connectivity index (χ1n) is 5.97. The summed E-state index contributed by atoms with van der Waals surface area (Å²) in [7, 11) is 0. The Balaban J connectivity index is 2.08. The predicted molar refractivity (Wildman–Crippen MR) is 73.4 cm³/mol. The molecule has 0 heterocycles. The van der Waals surface area contributed by atoms with E-state index in [2.05, 4.69) is 48.6 Å². The SMILES string of the molecule is CCc1ccc(Nc2ccc(CN)cc2)cc1. The third-order valence-corrected chi connectivity index (χ3v) is 2.84. The highest BCUT2D eigenvalue weighted by molar-refractivity contribution is 5.60. The van der Waals surface area contributed by atoms with Gasteiger partial charge in [0.15, 0.2) is 0 Å². The van der Waals surface area contributed by atoms with Crippen molar-refractivity contribution in [3.05, 3.63) is 59.7 Å². The number of hydrogen-bond acceptors (Lipinski definition) is 2. The van der Waals surface area contributed by atoms with Gasteiger partial charge in [-0.1, -0.05) is 31.2 Å². The van der Waals surface area contributed by atoms with Crippen LogP contribution in [0.5, 0.6) is 0 Å². The molecule has 2 rings (SSSR count). The normalized spacial score (nSPS) is 10.2. The molecular formula is C15H18N2. The van der Waals surface area contributed by atoms with E-state index in [9.17, 15) is 0 Å². The zero-order valence-corrected chi connectivity index (χ0v) is 10.1. The Morgan fingerprint density at radius 1 is 0.824 bits per heavy atom. The lowest BCUT2D eigenvalue weighted by Gasteiger charge is -2.07. The highest BCUT2D eigenvalue weighted by Gasteiger charge is 1.95. The topological polar surface area (TPSA) is 38.0 Å². The molecule has 2 aromatic carbocycles. The van der Waals surface area contributed by atoms with Crippen LogP contribution in [0, 0.1) is 0 Å². The van der Waals surface area contributed by atoms with Crippen LogP contribution in [0.3, 0.4) is 0 Å². The van der Waals surface area contributed by atoms with Crippen LogP contribution in [-0.4, -0.2) is 0 Å². The standard InChI is InChI=1S/C15H18N2/c1-2-12-3-7-14(8-4-12)17-15-9-5-13(11-16)6-10-15/h3-10,17H,2,11,16H2,1H3. The van der Waals surface area contributed by atoms with E-state index in [4.69, 9.17) is 5.73 Å². The molecular weight excluding hydrogens is 208 g/mol. The van der Waals surface area contributed by atoms with Gasteiger partial charge in [-0.15, -0.1) is 0 Å². The lowest BCUT2D eigenvalue weighted by atomic mass is 10.1. The van der Waals surface area contributed by atoms with Crippen LogP contribution in [-0.2, 0) is 13.0 Å². The first-order valence-corrected chi connectivity index (χ1v) is 5.97. The van der Waals surface area contributed by atoms with Gasteiger partial charge in [0.1, 0.15) is 0 Å². The van der Waals surface area contributed by atoms with Crippen molar-refractivity contribution in [1.82, 2.24) is 0 Å². The maximum absolute atomic E-state index is 5.56. The van der Waals surface area contributed by atoms with E-state index in [-0.39, 0.29) is 0 Å². The molecule has 0 unspecified atom stereocenters. The largest absolute Gasteiger partial charge is 0.356 e. The van der Waals surface area contributed by atoms with Crippen molar-refractivity contribution in [2.45, 2.75) is 19.9 Å². The van der Waals surface area contributed by atoms with Crippen LogP contribution >= 0.6 is 0 Å². The number of anilines is 2. The molecule has 2 aromatic rings. The van der Waals surface area contributed by atoms with Crippen molar-refractivity contribution in [3.63, 3.8) is 0 Å². The van der Waals surface area contributed by atoms with E-state index in [1.54, 1.807) is 0 Å². The summed E-state index contributed by atoms with van der Waals surface area (Å²) < 4.78 is 0. The number of aryl methyl sites for hydroxylation is 1. The van der Waals surface area contributed by atoms with E-state index in [1.807, 2.05) is 12.1 Å². The maximum atomic E-state index is 5.56. The fourth-order valence-corrected chi connectivity index (χ4v) is 1.71. The maximum Gasteiger partial charge on any atom is 0.0384 e. The Labute approximate surface area is 102 Å². The Hall–Kier alpha value is -1.80. The van der Waals surface area contributed by atoms with Crippen LogP contribution < -0.4 is 11.1 Å². The molecule has 0 saturated heterocycles. The predicted octanol–water partition coefficient (Wildman–Crippen LogP) is 3.45. The lowest BCUT2D eigenvalue weighted by Crippen LogP contribution is -1.96. The van der Waals surface area contributed by atoms with Crippen LogP contribution in [0.2, 0.25) is 0 Å². The molecule has 0 saturated carbocycles. The van der Waals surface area contributed by atoms with Gasteiger partial charge in [-0.25, -0.2) is 0 Å². The molecule has 2 heteroatoms. The van der Waals surface area contributed by atoms with Crippen LogP contribution in [0.15, 0.2) is 48.5 Å². The summed E-state index contributed by atoms with van der Waals surface area (Å²) in [5.41, 5.74) is 10.3. The van der Waals surface area contributed by atoms with Crippen molar-refractivity contribution >= 4 is 11.4 Å². The van der Waals surface area contributed by atoms with Crippen molar-refractivity contribution in [1.29, 1.82) is 0 Å². The van der Waals surface area contributed by atoms with Crippen LogP contribution in [0.4, 0.5) is 11.4 Å². The molecule has 3 N–H and O–H groups in total. The molecule has 0 bridgehead atoms.